The van der Waals surface area contributed by atoms with E-state index in [-0.39, 0.29) is 0 Å². The maximum absolute atomic E-state index is 10.3. The zero-order chi connectivity index (χ0) is 9.68. The van der Waals surface area contributed by atoms with Crippen LogP contribution in [-0.4, -0.2) is 29.3 Å². The minimum Gasteiger partial charge on any atom is -0.358 e. The number of rotatable bonds is 4. The van der Waals surface area contributed by atoms with E-state index in [0.717, 1.165) is 10.1 Å². The van der Waals surface area contributed by atoms with Gasteiger partial charge in [0.2, 0.25) is 5.13 Å². The first-order chi connectivity index (χ1) is 6.18. The first kappa shape index (κ1) is 9.72. The van der Waals surface area contributed by atoms with Gasteiger partial charge in [-0.2, -0.15) is 0 Å². The summed E-state index contributed by atoms with van der Waals surface area (Å²) in [7, 11) is 0. The third-order valence-electron chi connectivity index (χ3n) is 1.23. The van der Waals surface area contributed by atoms with Crippen LogP contribution in [0.2, 0.25) is 0 Å². The number of urea groups is 1. The third kappa shape index (κ3) is 3.70. The Morgan fingerprint density at radius 1 is 1.54 bits per heavy atom. The van der Waals surface area contributed by atoms with E-state index in [1.165, 1.54) is 11.3 Å². The van der Waals surface area contributed by atoms with Gasteiger partial charge in [0, 0.05) is 13.1 Å². The van der Waals surface area contributed by atoms with Gasteiger partial charge in [-0.3, -0.25) is 0 Å². The van der Waals surface area contributed by atoms with Crippen molar-refractivity contribution in [3.8, 4) is 0 Å². The molecule has 0 aromatic carbocycles. The van der Waals surface area contributed by atoms with Crippen molar-refractivity contribution < 1.29 is 4.79 Å². The van der Waals surface area contributed by atoms with Crippen molar-refractivity contribution in [3.63, 3.8) is 0 Å². The minimum atomic E-state index is -0.518. The first-order valence-electron chi connectivity index (χ1n) is 3.76. The number of amides is 2. The number of nitrogens with two attached hydrogens (primary N) is 1. The Balaban J connectivity index is 2.16. The van der Waals surface area contributed by atoms with Crippen LogP contribution < -0.4 is 16.4 Å². The highest BCUT2D eigenvalue weighted by molar-refractivity contribution is 7.15. The molecule has 0 radical (unpaired) electrons. The Bertz CT molecular complexity index is 286. The summed E-state index contributed by atoms with van der Waals surface area (Å²) in [5.74, 6) is 0. The predicted molar refractivity (Wildman–Crippen MR) is 50.7 cm³/mol. The summed E-state index contributed by atoms with van der Waals surface area (Å²) in [6.45, 7) is 2.95. The number of nitrogens with zero attached hydrogens (tertiary/aromatic N) is 2. The normalized spacial score (nSPS) is 9.62. The second kappa shape index (κ2) is 4.61. The fourth-order valence-corrected chi connectivity index (χ4v) is 1.34. The van der Waals surface area contributed by atoms with Crippen molar-refractivity contribution in [2.45, 2.75) is 6.92 Å². The van der Waals surface area contributed by atoms with Gasteiger partial charge in [0.15, 0.2) is 0 Å². The Kier molecular flexibility index (Phi) is 3.44. The van der Waals surface area contributed by atoms with Crippen LogP contribution in [0.4, 0.5) is 9.93 Å². The molecule has 6 nitrogen and oxygen atoms in total. The fourth-order valence-electron chi connectivity index (χ4n) is 0.723. The van der Waals surface area contributed by atoms with Gasteiger partial charge in [-0.25, -0.2) is 4.79 Å². The second-order valence-corrected chi connectivity index (χ2v) is 3.53. The summed E-state index contributed by atoms with van der Waals surface area (Å²) in [5.41, 5.74) is 4.87. The predicted octanol–water partition coefficient (Wildman–Crippen LogP) is -0.0733. The zero-order valence-corrected chi connectivity index (χ0v) is 8.02. The maximum Gasteiger partial charge on any atom is 0.312 e. The van der Waals surface area contributed by atoms with Gasteiger partial charge >= 0.3 is 6.03 Å². The van der Waals surface area contributed by atoms with Crippen molar-refractivity contribution in [2.24, 2.45) is 5.73 Å². The number of aryl methyl sites for hydroxylation is 1. The van der Waals surface area contributed by atoms with Crippen LogP contribution in [0.1, 0.15) is 5.01 Å². The van der Waals surface area contributed by atoms with E-state index in [1.54, 1.807) is 0 Å². The SMILES string of the molecule is Cc1nnc(NCCNC(N)=O)s1. The average molecular weight is 201 g/mol. The number of carbonyl (C=O) groups is 1. The quantitative estimate of drug-likeness (QED) is 0.594. The fraction of sp³-hybridized carbons (Fsp3) is 0.500. The van der Waals surface area contributed by atoms with Crippen LogP contribution in [0.3, 0.4) is 0 Å². The highest BCUT2D eigenvalue weighted by Crippen LogP contribution is 2.12. The number of nitrogens with one attached hydrogen (secondary N) is 2. The molecule has 7 heteroatoms. The zero-order valence-electron chi connectivity index (χ0n) is 7.20. The van der Waals surface area contributed by atoms with Crippen LogP contribution >= 0.6 is 11.3 Å². The Morgan fingerprint density at radius 3 is 2.85 bits per heavy atom. The standard InChI is InChI=1S/C6H11N5OS/c1-4-10-11-6(13-4)9-3-2-8-5(7)12/h2-3H2,1H3,(H,9,11)(H3,7,8,12). The van der Waals surface area contributed by atoms with Crippen molar-refractivity contribution in [3.05, 3.63) is 5.01 Å². The molecule has 0 saturated heterocycles. The van der Waals surface area contributed by atoms with Crippen LogP contribution in [0.5, 0.6) is 0 Å². The Labute approximate surface area is 79.5 Å². The number of primary amides is 1. The molecule has 0 fully saturated rings. The summed E-state index contributed by atoms with van der Waals surface area (Å²) >= 11 is 1.47. The van der Waals surface area contributed by atoms with Crippen LogP contribution in [0.25, 0.3) is 0 Å². The van der Waals surface area contributed by atoms with Gasteiger partial charge in [-0.15, -0.1) is 10.2 Å². The lowest BCUT2D eigenvalue weighted by Crippen LogP contribution is -2.33. The molecule has 13 heavy (non-hydrogen) atoms. The lowest BCUT2D eigenvalue weighted by molar-refractivity contribution is 0.249. The third-order valence-corrected chi connectivity index (χ3v) is 2.02. The van der Waals surface area contributed by atoms with E-state index < -0.39 is 6.03 Å². The van der Waals surface area contributed by atoms with Crippen molar-refractivity contribution in [1.29, 1.82) is 0 Å². The molecule has 0 spiro atoms. The number of hydrogen-bond acceptors (Lipinski definition) is 5. The highest BCUT2D eigenvalue weighted by Gasteiger charge is 1.98. The summed E-state index contributed by atoms with van der Waals surface area (Å²) < 4.78 is 0. The van der Waals surface area contributed by atoms with E-state index in [1.807, 2.05) is 6.92 Å². The Morgan fingerprint density at radius 2 is 2.31 bits per heavy atom. The molecule has 2 amide bonds. The topological polar surface area (TPSA) is 92.9 Å². The van der Waals surface area contributed by atoms with Crippen molar-refractivity contribution in [2.75, 3.05) is 18.4 Å². The molecule has 72 valence electrons. The van der Waals surface area contributed by atoms with E-state index in [4.69, 9.17) is 5.73 Å². The number of aromatic nitrogens is 2. The average Bonchev–Trinajstić information content (AvgIpc) is 2.45. The van der Waals surface area contributed by atoms with Gasteiger partial charge in [0.25, 0.3) is 0 Å². The molecule has 0 bridgehead atoms. The van der Waals surface area contributed by atoms with Crippen LogP contribution in [0.15, 0.2) is 0 Å². The van der Waals surface area contributed by atoms with Crippen molar-refractivity contribution >= 4 is 22.5 Å². The van der Waals surface area contributed by atoms with E-state index in [2.05, 4.69) is 20.8 Å². The minimum absolute atomic E-state index is 0.480. The molecular weight excluding hydrogens is 190 g/mol. The molecule has 1 rings (SSSR count). The maximum atomic E-state index is 10.3. The van der Waals surface area contributed by atoms with Gasteiger partial charge < -0.3 is 16.4 Å². The summed E-state index contributed by atoms with van der Waals surface area (Å²) in [6.07, 6.45) is 0. The molecular formula is C6H11N5OS. The summed E-state index contributed by atoms with van der Waals surface area (Å²) in [5, 5.41) is 14.8. The monoisotopic (exact) mass is 201 g/mol. The molecule has 1 aromatic heterocycles. The lowest BCUT2D eigenvalue weighted by Gasteiger charge is -2.01. The van der Waals surface area contributed by atoms with E-state index >= 15 is 0 Å². The lowest BCUT2D eigenvalue weighted by atomic mass is 10.6. The molecule has 0 aliphatic heterocycles. The van der Waals surface area contributed by atoms with Gasteiger partial charge in [-0.05, 0) is 6.92 Å². The molecule has 4 N–H and O–H groups in total. The van der Waals surface area contributed by atoms with E-state index in [0.29, 0.717) is 13.1 Å². The summed E-state index contributed by atoms with van der Waals surface area (Å²) in [6, 6.07) is -0.518. The molecule has 0 saturated carbocycles. The van der Waals surface area contributed by atoms with Gasteiger partial charge in [-0.1, -0.05) is 11.3 Å². The van der Waals surface area contributed by atoms with Crippen LogP contribution in [0, 0.1) is 6.92 Å². The van der Waals surface area contributed by atoms with Gasteiger partial charge in [0.1, 0.15) is 5.01 Å². The Hall–Kier alpha value is -1.37. The van der Waals surface area contributed by atoms with Gasteiger partial charge in [0.05, 0.1) is 0 Å². The molecule has 0 aliphatic carbocycles. The second-order valence-electron chi connectivity index (χ2n) is 2.34. The largest absolute Gasteiger partial charge is 0.358 e. The summed E-state index contributed by atoms with van der Waals surface area (Å²) in [4.78, 5) is 10.3. The van der Waals surface area contributed by atoms with Crippen LogP contribution in [-0.2, 0) is 0 Å². The smallest absolute Gasteiger partial charge is 0.312 e. The van der Waals surface area contributed by atoms with Crippen molar-refractivity contribution in [1.82, 2.24) is 15.5 Å². The number of anilines is 1. The number of carbonyl (C=O) groups excluding carboxylic acids is 1. The molecule has 1 aromatic rings. The molecule has 0 atom stereocenters. The first-order valence-corrected chi connectivity index (χ1v) is 4.57. The highest BCUT2D eigenvalue weighted by atomic mass is 32.1. The number of hydrogen-bond donors (Lipinski definition) is 3. The molecule has 0 unspecified atom stereocenters. The molecule has 0 aliphatic rings. The van der Waals surface area contributed by atoms with E-state index in [9.17, 15) is 4.79 Å². The molecule has 1 heterocycles.